The van der Waals surface area contributed by atoms with E-state index in [-0.39, 0.29) is 12.2 Å². The van der Waals surface area contributed by atoms with Crippen molar-refractivity contribution in [3.05, 3.63) is 30.3 Å². The summed E-state index contributed by atoms with van der Waals surface area (Å²) in [6.07, 6.45) is 3.69. The van der Waals surface area contributed by atoms with Crippen LogP contribution in [0.5, 0.6) is 0 Å². The minimum atomic E-state index is -0.246. The molecule has 0 saturated carbocycles. The maximum Gasteiger partial charge on any atom is 0.332 e. The lowest BCUT2D eigenvalue weighted by molar-refractivity contribution is -0.107. The van der Waals surface area contributed by atoms with Crippen LogP contribution in [0.1, 0.15) is 19.3 Å². The molecule has 1 aromatic rings. The molecule has 1 saturated heterocycles. The molecule has 1 aliphatic heterocycles. The summed E-state index contributed by atoms with van der Waals surface area (Å²) in [5.74, 6) is 0. The second-order valence-electron chi connectivity index (χ2n) is 5.23. The summed E-state index contributed by atoms with van der Waals surface area (Å²) in [4.78, 5) is 29.0. The Bertz CT molecular complexity index is 461. The van der Waals surface area contributed by atoms with Gasteiger partial charge in [0.25, 0.3) is 0 Å². The lowest BCUT2D eigenvalue weighted by Gasteiger charge is -2.40. The number of piperidine rings is 1. The summed E-state index contributed by atoms with van der Waals surface area (Å²) >= 11 is 0. The van der Waals surface area contributed by atoms with Crippen molar-refractivity contribution in [3.8, 4) is 0 Å². The molecule has 20 heavy (non-hydrogen) atoms. The van der Waals surface area contributed by atoms with Gasteiger partial charge in [0.1, 0.15) is 0 Å². The summed E-state index contributed by atoms with van der Waals surface area (Å²) in [5.41, 5.74) is 0.607. The molecule has 0 aromatic heterocycles. The predicted molar refractivity (Wildman–Crippen MR) is 78.4 cm³/mol. The Morgan fingerprint density at radius 1 is 1.25 bits per heavy atom. The lowest BCUT2D eigenvalue weighted by atomic mass is 10.1. The Kier molecular flexibility index (Phi) is 4.74. The molecule has 0 aliphatic carbocycles. The molecule has 0 spiro atoms. The zero-order valence-electron chi connectivity index (χ0n) is 12.0. The van der Waals surface area contributed by atoms with E-state index >= 15 is 0 Å². The zero-order valence-corrected chi connectivity index (χ0v) is 12.0. The van der Waals surface area contributed by atoms with Gasteiger partial charge in [0, 0.05) is 6.54 Å². The minimum absolute atomic E-state index is 0.0578. The molecule has 0 bridgehead atoms. The molecule has 0 N–H and O–H groups in total. The molecule has 2 rings (SSSR count). The molecule has 1 heterocycles. The molecule has 1 unspecified atom stereocenters. The fourth-order valence-electron chi connectivity index (χ4n) is 2.62. The van der Waals surface area contributed by atoms with E-state index in [1.165, 1.54) is 4.90 Å². The van der Waals surface area contributed by atoms with E-state index in [0.29, 0.717) is 18.6 Å². The van der Waals surface area contributed by atoms with Crippen LogP contribution in [0.4, 0.5) is 10.5 Å². The van der Waals surface area contributed by atoms with E-state index in [9.17, 15) is 9.59 Å². The van der Waals surface area contributed by atoms with Gasteiger partial charge in [-0.1, -0.05) is 18.2 Å². The first-order valence-electron chi connectivity index (χ1n) is 6.91. The first kappa shape index (κ1) is 14.5. The van der Waals surface area contributed by atoms with Crippen molar-refractivity contribution in [2.75, 3.05) is 25.5 Å². The average Bonchev–Trinajstić information content (AvgIpc) is 2.49. The van der Waals surface area contributed by atoms with E-state index in [1.807, 2.05) is 37.2 Å². The third-order valence-electron chi connectivity index (χ3n) is 3.66. The molecule has 1 aromatic carbocycles. The third kappa shape index (κ3) is 2.99. The molecule has 5 nitrogen and oxygen atoms in total. The number of anilines is 1. The molecule has 3 amide bonds. The van der Waals surface area contributed by atoms with Crippen molar-refractivity contribution in [2.45, 2.75) is 25.4 Å². The maximum absolute atomic E-state index is 12.6. The largest absolute Gasteiger partial charge is 0.332 e. The Labute approximate surface area is 119 Å². The van der Waals surface area contributed by atoms with Crippen LogP contribution in [0.3, 0.4) is 0 Å². The van der Waals surface area contributed by atoms with Crippen molar-refractivity contribution in [1.29, 1.82) is 0 Å². The van der Waals surface area contributed by atoms with Gasteiger partial charge in [0.15, 0.2) is 0 Å². The van der Waals surface area contributed by atoms with Gasteiger partial charge in [-0.15, -0.1) is 0 Å². The topological polar surface area (TPSA) is 43.9 Å². The number of urea groups is 1. The van der Waals surface area contributed by atoms with Gasteiger partial charge in [-0.3, -0.25) is 9.69 Å². The molecular weight excluding hydrogens is 254 g/mol. The Balaban J connectivity index is 2.21. The molecular formula is C15H21N3O2. The summed E-state index contributed by atoms with van der Waals surface area (Å²) in [7, 11) is 3.92. The van der Waals surface area contributed by atoms with Crippen molar-refractivity contribution < 1.29 is 9.59 Å². The van der Waals surface area contributed by atoms with Crippen LogP contribution in [0.2, 0.25) is 0 Å². The van der Waals surface area contributed by atoms with E-state index in [1.54, 1.807) is 17.0 Å². The van der Waals surface area contributed by atoms with E-state index < -0.39 is 0 Å². The average molecular weight is 275 g/mol. The quantitative estimate of drug-likeness (QED) is 0.794. The number of imide groups is 1. The highest BCUT2D eigenvalue weighted by Gasteiger charge is 2.31. The lowest BCUT2D eigenvalue weighted by Crippen LogP contribution is -2.55. The predicted octanol–water partition coefficient (Wildman–Crippen LogP) is 2.14. The first-order valence-corrected chi connectivity index (χ1v) is 6.91. The van der Waals surface area contributed by atoms with Gasteiger partial charge < -0.3 is 4.90 Å². The number of carbonyl (C=O) groups excluding carboxylic acids is 2. The Morgan fingerprint density at radius 3 is 2.55 bits per heavy atom. The number of nitrogens with zero attached hydrogens (tertiary/aromatic N) is 3. The van der Waals surface area contributed by atoms with Crippen LogP contribution < -0.4 is 4.90 Å². The highest BCUT2D eigenvalue weighted by Crippen LogP contribution is 2.22. The SMILES string of the molecule is CN(C)C1CCCCN1C(=O)N(C=O)c1ccccc1. The highest BCUT2D eigenvalue weighted by atomic mass is 16.2. The van der Waals surface area contributed by atoms with E-state index in [0.717, 1.165) is 19.3 Å². The van der Waals surface area contributed by atoms with Crippen molar-refractivity contribution in [1.82, 2.24) is 9.80 Å². The normalized spacial score (nSPS) is 18.9. The second kappa shape index (κ2) is 6.52. The molecule has 108 valence electrons. The first-order chi connectivity index (χ1) is 9.65. The number of para-hydroxylation sites is 1. The number of carbonyl (C=O) groups is 2. The van der Waals surface area contributed by atoms with Crippen molar-refractivity contribution >= 4 is 18.1 Å². The number of amides is 3. The van der Waals surface area contributed by atoms with Crippen LogP contribution in [-0.4, -0.2) is 49.0 Å². The Hall–Kier alpha value is -1.88. The number of benzene rings is 1. The number of hydrogen-bond acceptors (Lipinski definition) is 3. The standard InChI is InChI=1S/C15H21N3O2/c1-16(2)14-10-6-7-11-17(14)15(20)18(12-19)13-8-4-3-5-9-13/h3-5,8-9,12,14H,6-7,10-11H2,1-2H3. The maximum atomic E-state index is 12.6. The van der Waals surface area contributed by atoms with Gasteiger partial charge >= 0.3 is 6.03 Å². The molecule has 0 radical (unpaired) electrons. The van der Waals surface area contributed by atoms with Crippen LogP contribution >= 0.6 is 0 Å². The van der Waals surface area contributed by atoms with E-state index in [2.05, 4.69) is 0 Å². The molecule has 1 atom stereocenters. The Morgan fingerprint density at radius 2 is 1.95 bits per heavy atom. The van der Waals surface area contributed by atoms with Gasteiger partial charge in [-0.25, -0.2) is 9.69 Å². The highest BCUT2D eigenvalue weighted by molar-refractivity contribution is 6.06. The smallest absolute Gasteiger partial charge is 0.308 e. The molecule has 1 fully saturated rings. The van der Waals surface area contributed by atoms with Crippen molar-refractivity contribution in [3.63, 3.8) is 0 Å². The minimum Gasteiger partial charge on any atom is -0.308 e. The summed E-state index contributed by atoms with van der Waals surface area (Å²) in [6.45, 7) is 0.693. The second-order valence-corrected chi connectivity index (χ2v) is 5.23. The van der Waals surface area contributed by atoms with Gasteiger partial charge in [-0.05, 0) is 45.5 Å². The third-order valence-corrected chi connectivity index (χ3v) is 3.66. The summed E-state index contributed by atoms with van der Waals surface area (Å²) in [6, 6.07) is 8.78. The molecule has 1 aliphatic rings. The van der Waals surface area contributed by atoms with Crippen LogP contribution in [0.25, 0.3) is 0 Å². The monoisotopic (exact) mass is 275 g/mol. The van der Waals surface area contributed by atoms with Crippen LogP contribution in [0.15, 0.2) is 30.3 Å². The fraction of sp³-hybridized carbons (Fsp3) is 0.467. The zero-order chi connectivity index (χ0) is 14.5. The number of rotatable bonds is 3. The van der Waals surface area contributed by atoms with E-state index in [4.69, 9.17) is 0 Å². The van der Waals surface area contributed by atoms with Crippen LogP contribution in [-0.2, 0) is 4.79 Å². The number of hydrogen-bond donors (Lipinski definition) is 0. The molecule has 5 heteroatoms. The van der Waals surface area contributed by atoms with Gasteiger partial charge in [-0.2, -0.15) is 0 Å². The van der Waals surface area contributed by atoms with Crippen LogP contribution in [0, 0.1) is 0 Å². The summed E-state index contributed by atoms with van der Waals surface area (Å²) < 4.78 is 0. The summed E-state index contributed by atoms with van der Waals surface area (Å²) in [5, 5.41) is 0. The van der Waals surface area contributed by atoms with Gasteiger partial charge in [0.2, 0.25) is 6.41 Å². The van der Waals surface area contributed by atoms with Crippen molar-refractivity contribution in [2.24, 2.45) is 0 Å². The number of likely N-dealkylation sites (tertiary alicyclic amines) is 1. The fourth-order valence-corrected chi connectivity index (χ4v) is 2.62. The van der Waals surface area contributed by atoms with Gasteiger partial charge in [0.05, 0.1) is 11.9 Å².